The van der Waals surface area contributed by atoms with Crippen molar-refractivity contribution < 1.29 is 14.4 Å². The van der Waals surface area contributed by atoms with Crippen LogP contribution in [0.3, 0.4) is 0 Å². The summed E-state index contributed by atoms with van der Waals surface area (Å²) in [6.45, 7) is 8.19. The summed E-state index contributed by atoms with van der Waals surface area (Å²) in [5.41, 5.74) is -0.882. The fourth-order valence-electron chi connectivity index (χ4n) is 2.32. The lowest BCUT2D eigenvalue weighted by Gasteiger charge is -2.12. The Balaban J connectivity index is 0.000000200. The first kappa shape index (κ1) is 18.4. The number of hydrogen-bond acceptors (Lipinski definition) is 4. The van der Waals surface area contributed by atoms with Gasteiger partial charge in [0.2, 0.25) is 5.82 Å². The standard InChI is InChI=1S/C8H15N.C6H4FNO3.C2H6/c1-2-6-9(5-1)7-8-3-4-8;7-4-2-1-3-5(9)6(4)8(10)11;1-2/h8H,1-7H2;1-3,9H;1-2H3. The van der Waals surface area contributed by atoms with Gasteiger partial charge in [-0.05, 0) is 56.8 Å². The van der Waals surface area contributed by atoms with Crippen molar-refractivity contribution in [3.05, 3.63) is 34.1 Å². The highest BCUT2D eigenvalue weighted by atomic mass is 19.1. The summed E-state index contributed by atoms with van der Waals surface area (Å²) in [7, 11) is 0. The highest BCUT2D eigenvalue weighted by molar-refractivity contribution is 5.45. The minimum atomic E-state index is -1.03. The summed E-state index contributed by atoms with van der Waals surface area (Å²) in [6, 6.07) is 3.16. The summed E-state index contributed by atoms with van der Waals surface area (Å²) < 4.78 is 12.5. The summed E-state index contributed by atoms with van der Waals surface area (Å²) in [6.07, 6.45) is 5.92. The van der Waals surface area contributed by atoms with Crippen molar-refractivity contribution in [1.29, 1.82) is 0 Å². The first-order valence-corrected chi connectivity index (χ1v) is 7.92. The van der Waals surface area contributed by atoms with Gasteiger partial charge in [-0.15, -0.1) is 0 Å². The molecule has 0 amide bonds. The maximum atomic E-state index is 12.5. The Labute approximate surface area is 130 Å². The first-order valence-electron chi connectivity index (χ1n) is 7.92. The second-order valence-electron chi connectivity index (χ2n) is 5.32. The molecule has 0 spiro atoms. The van der Waals surface area contributed by atoms with Crippen LogP contribution in [0, 0.1) is 21.8 Å². The zero-order chi connectivity index (χ0) is 16.5. The summed E-state index contributed by atoms with van der Waals surface area (Å²) in [5, 5.41) is 18.8. The van der Waals surface area contributed by atoms with E-state index < -0.39 is 22.2 Å². The van der Waals surface area contributed by atoms with Gasteiger partial charge in [-0.25, -0.2) is 0 Å². The Bertz CT molecular complexity index is 452. The number of para-hydroxylation sites is 1. The molecule has 1 aromatic rings. The molecule has 5 nitrogen and oxygen atoms in total. The molecule has 22 heavy (non-hydrogen) atoms. The molecule has 1 aliphatic heterocycles. The van der Waals surface area contributed by atoms with E-state index in [9.17, 15) is 14.5 Å². The Morgan fingerprint density at radius 1 is 1.32 bits per heavy atom. The Hall–Kier alpha value is -1.69. The van der Waals surface area contributed by atoms with Gasteiger partial charge in [-0.3, -0.25) is 10.1 Å². The largest absolute Gasteiger partial charge is 0.502 e. The predicted octanol–water partition coefficient (Wildman–Crippen LogP) is 3.96. The third-order valence-corrected chi connectivity index (χ3v) is 3.56. The summed E-state index contributed by atoms with van der Waals surface area (Å²) in [5.74, 6) is -0.590. The van der Waals surface area contributed by atoms with Crippen molar-refractivity contribution in [2.24, 2.45) is 5.92 Å². The fourth-order valence-corrected chi connectivity index (χ4v) is 2.32. The lowest BCUT2D eigenvalue weighted by atomic mass is 10.3. The predicted molar refractivity (Wildman–Crippen MR) is 84.5 cm³/mol. The molecule has 0 radical (unpaired) electrons. The van der Waals surface area contributed by atoms with Crippen LogP contribution in [0.5, 0.6) is 5.75 Å². The van der Waals surface area contributed by atoms with E-state index in [2.05, 4.69) is 4.90 Å². The molecular weight excluding hydrogens is 287 g/mol. The summed E-state index contributed by atoms with van der Waals surface area (Å²) in [4.78, 5) is 11.7. The molecule has 0 atom stereocenters. The zero-order valence-electron chi connectivity index (χ0n) is 13.3. The number of hydrogen-bond donors (Lipinski definition) is 1. The molecule has 0 bridgehead atoms. The number of phenols is 1. The molecule has 0 aromatic heterocycles. The zero-order valence-corrected chi connectivity index (χ0v) is 13.3. The number of nitro groups is 1. The van der Waals surface area contributed by atoms with Crippen LogP contribution >= 0.6 is 0 Å². The van der Waals surface area contributed by atoms with Gasteiger partial charge in [-0.2, -0.15) is 4.39 Å². The van der Waals surface area contributed by atoms with Gasteiger partial charge in [0.1, 0.15) is 0 Å². The molecule has 2 aliphatic rings. The Kier molecular flexibility index (Phi) is 7.80. The van der Waals surface area contributed by atoms with Crippen LogP contribution in [0.25, 0.3) is 0 Å². The van der Waals surface area contributed by atoms with Crippen LogP contribution in [-0.4, -0.2) is 34.6 Å². The van der Waals surface area contributed by atoms with E-state index in [0.29, 0.717) is 0 Å². The van der Waals surface area contributed by atoms with Crippen LogP contribution in [0.2, 0.25) is 0 Å². The van der Waals surface area contributed by atoms with Gasteiger partial charge < -0.3 is 10.0 Å². The van der Waals surface area contributed by atoms with E-state index in [4.69, 9.17) is 5.11 Å². The van der Waals surface area contributed by atoms with Gasteiger partial charge in [0.05, 0.1) is 4.92 Å². The molecule has 1 saturated carbocycles. The molecule has 1 heterocycles. The first-order chi connectivity index (χ1) is 10.6. The third kappa shape index (κ3) is 5.97. The number of benzene rings is 1. The topological polar surface area (TPSA) is 66.6 Å². The molecule has 1 N–H and O–H groups in total. The maximum Gasteiger partial charge on any atom is 0.345 e. The molecule has 3 rings (SSSR count). The van der Waals surface area contributed by atoms with Crippen molar-refractivity contribution in [1.82, 2.24) is 4.90 Å². The molecule has 1 saturated heterocycles. The second kappa shape index (κ2) is 9.35. The number of likely N-dealkylation sites (tertiary alicyclic amines) is 1. The van der Waals surface area contributed by atoms with Gasteiger partial charge in [0, 0.05) is 6.54 Å². The minimum absolute atomic E-state index is 0.657. The van der Waals surface area contributed by atoms with E-state index in [1.165, 1.54) is 51.4 Å². The second-order valence-corrected chi connectivity index (χ2v) is 5.32. The number of phenolic OH excluding ortho intramolecular Hbond substituents is 1. The van der Waals surface area contributed by atoms with Crippen molar-refractivity contribution in [2.75, 3.05) is 19.6 Å². The Morgan fingerprint density at radius 3 is 2.32 bits per heavy atom. The summed E-state index contributed by atoms with van der Waals surface area (Å²) >= 11 is 0. The normalized spacial score (nSPS) is 17.0. The quantitative estimate of drug-likeness (QED) is 0.677. The van der Waals surface area contributed by atoms with Crippen molar-refractivity contribution >= 4 is 5.69 Å². The van der Waals surface area contributed by atoms with Crippen LogP contribution in [-0.2, 0) is 0 Å². The minimum Gasteiger partial charge on any atom is -0.502 e. The highest BCUT2D eigenvalue weighted by Gasteiger charge is 2.25. The Morgan fingerprint density at radius 2 is 1.91 bits per heavy atom. The van der Waals surface area contributed by atoms with Gasteiger partial charge in [0.15, 0.2) is 5.75 Å². The highest BCUT2D eigenvalue weighted by Crippen LogP contribution is 2.30. The maximum absolute atomic E-state index is 12.5. The fraction of sp³-hybridized carbons (Fsp3) is 0.625. The van der Waals surface area contributed by atoms with E-state index >= 15 is 0 Å². The molecule has 6 heteroatoms. The van der Waals surface area contributed by atoms with Gasteiger partial charge in [-0.1, -0.05) is 19.9 Å². The van der Waals surface area contributed by atoms with Crippen LogP contribution in [0.1, 0.15) is 39.5 Å². The molecule has 1 aliphatic carbocycles. The van der Waals surface area contributed by atoms with Crippen LogP contribution in [0.15, 0.2) is 18.2 Å². The lowest BCUT2D eigenvalue weighted by molar-refractivity contribution is -0.388. The van der Waals surface area contributed by atoms with Crippen LogP contribution < -0.4 is 0 Å². The monoisotopic (exact) mass is 312 g/mol. The third-order valence-electron chi connectivity index (χ3n) is 3.56. The average Bonchev–Trinajstić information content (AvgIpc) is 3.14. The van der Waals surface area contributed by atoms with Crippen molar-refractivity contribution in [3.8, 4) is 5.75 Å². The van der Waals surface area contributed by atoms with Crippen molar-refractivity contribution in [2.45, 2.75) is 39.5 Å². The van der Waals surface area contributed by atoms with E-state index in [-0.39, 0.29) is 0 Å². The van der Waals surface area contributed by atoms with Gasteiger partial charge >= 0.3 is 5.69 Å². The number of nitrogens with zero attached hydrogens (tertiary/aromatic N) is 2. The SMILES string of the molecule is C1CCN(CC2CC2)C1.CC.O=[N+]([O-])c1c(O)cccc1F. The van der Waals surface area contributed by atoms with Gasteiger partial charge in [0.25, 0.3) is 0 Å². The number of halogens is 1. The van der Waals surface area contributed by atoms with E-state index in [0.717, 1.165) is 18.1 Å². The average molecular weight is 312 g/mol. The van der Waals surface area contributed by atoms with Crippen molar-refractivity contribution in [3.63, 3.8) is 0 Å². The molecule has 0 unspecified atom stereocenters. The number of nitro benzene ring substituents is 1. The molecule has 1 aromatic carbocycles. The smallest absolute Gasteiger partial charge is 0.345 e. The molecule has 2 fully saturated rings. The number of aromatic hydroxyl groups is 1. The number of rotatable bonds is 3. The lowest BCUT2D eigenvalue weighted by Crippen LogP contribution is -2.21. The molecular formula is C16H25FN2O3. The van der Waals surface area contributed by atoms with E-state index in [1.54, 1.807) is 0 Å². The van der Waals surface area contributed by atoms with E-state index in [1.807, 2.05) is 13.8 Å². The van der Waals surface area contributed by atoms with Crippen LogP contribution in [0.4, 0.5) is 10.1 Å². The molecule has 124 valence electrons.